The van der Waals surface area contributed by atoms with Crippen LogP contribution in [0.25, 0.3) is 11.0 Å². The number of non-ortho nitro benzene ring substituents is 1. The fraction of sp³-hybridized carbons (Fsp3) is 0.286. The Bertz CT molecular complexity index is 1120. The maximum Gasteiger partial charge on any atom is 0.336 e. The number of hydrogen-bond donors (Lipinski definition) is 1. The van der Waals surface area contributed by atoms with E-state index in [1.54, 1.807) is 18.2 Å². The van der Waals surface area contributed by atoms with E-state index in [-0.39, 0.29) is 16.2 Å². The first-order valence-electron chi connectivity index (χ1n) is 9.46. The van der Waals surface area contributed by atoms with Crippen LogP contribution in [0.3, 0.4) is 0 Å². The third-order valence-corrected chi connectivity index (χ3v) is 5.85. The summed E-state index contributed by atoms with van der Waals surface area (Å²) in [7, 11) is 0. The summed E-state index contributed by atoms with van der Waals surface area (Å²) in [5.74, 6) is 0. The van der Waals surface area contributed by atoms with Gasteiger partial charge in [-0.15, -0.1) is 0 Å². The average Bonchev–Trinajstić information content (AvgIpc) is 2.70. The molecule has 1 aromatic heterocycles. The van der Waals surface area contributed by atoms with Gasteiger partial charge in [-0.05, 0) is 36.8 Å². The normalized spacial score (nSPS) is 15.0. The summed E-state index contributed by atoms with van der Waals surface area (Å²) in [6.45, 7) is 6.09. The molecule has 7 nitrogen and oxygen atoms in total. The van der Waals surface area contributed by atoms with Crippen molar-refractivity contribution in [1.82, 2.24) is 0 Å². The quantitative estimate of drug-likeness (QED) is 0.403. The Balaban J connectivity index is 1.48. The van der Waals surface area contributed by atoms with E-state index in [2.05, 4.69) is 4.90 Å². The monoisotopic (exact) mass is 414 g/mol. The van der Waals surface area contributed by atoms with Gasteiger partial charge in [0.2, 0.25) is 0 Å². The SMILES string of the molecule is Cc1cc2oc(=O)cc(C[NH+]3CCN(c4ccc([N+](=O)[O-])cc4)CC3)c2cc1Cl. The summed E-state index contributed by atoms with van der Waals surface area (Å²) in [6, 6.07) is 11.9. The van der Waals surface area contributed by atoms with Gasteiger partial charge in [0.25, 0.3) is 5.69 Å². The van der Waals surface area contributed by atoms with Gasteiger partial charge in [0.15, 0.2) is 0 Å². The number of hydrogen-bond acceptors (Lipinski definition) is 5. The number of halogens is 1. The molecule has 0 atom stereocenters. The minimum Gasteiger partial charge on any atom is -0.423 e. The number of nitrogens with one attached hydrogen (secondary N) is 1. The Labute approximate surface area is 172 Å². The van der Waals surface area contributed by atoms with Crippen molar-refractivity contribution in [2.75, 3.05) is 31.1 Å². The summed E-state index contributed by atoms with van der Waals surface area (Å²) < 4.78 is 5.35. The number of anilines is 1. The van der Waals surface area contributed by atoms with Gasteiger partial charge in [-0.25, -0.2) is 4.79 Å². The smallest absolute Gasteiger partial charge is 0.336 e. The van der Waals surface area contributed by atoms with Crippen molar-refractivity contribution in [3.05, 3.63) is 79.1 Å². The second kappa shape index (κ2) is 7.85. The lowest BCUT2D eigenvalue weighted by Gasteiger charge is -2.33. The van der Waals surface area contributed by atoms with E-state index < -0.39 is 0 Å². The lowest BCUT2D eigenvalue weighted by molar-refractivity contribution is -0.914. The van der Waals surface area contributed by atoms with Crippen molar-refractivity contribution < 1.29 is 14.2 Å². The number of nitrogens with zero attached hydrogens (tertiary/aromatic N) is 2. The third kappa shape index (κ3) is 4.11. The molecular formula is C21H21ClN3O4+. The average molecular weight is 415 g/mol. The number of nitro benzene ring substituents is 1. The van der Waals surface area contributed by atoms with E-state index in [0.717, 1.165) is 54.9 Å². The minimum atomic E-state index is -0.389. The highest BCUT2D eigenvalue weighted by atomic mass is 35.5. The molecule has 8 heteroatoms. The van der Waals surface area contributed by atoms with Crippen LogP contribution in [0, 0.1) is 17.0 Å². The predicted octanol–water partition coefficient (Wildman–Crippen LogP) is 2.57. The predicted molar refractivity (Wildman–Crippen MR) is 112 cm³/mol. The Morgan fingerprint density at radius 1 is 1.17 bits per heavy atom. The van der Waals surface area contributed by atoms with Crippen molar-refractivity contribution in [1.29, 1.82) is 0 Å². The van der Waals surface area contributed by atoms with Crippen LogP contribution in [0.1, 0.15) is 11.1 Å². The van der Waals surface area contributed by atoms with Crippen LogP contribution in [0.4, 0.5) is 11.4 Å². The van der Waals surface area contributed by atoms with Crippen LogP contribution < -0.4 is 15.4 Å². The molecule has 1 saturated heterocycles. The van der Waals surface area contributed by atoms with Gasteiger partial charge in [-0.1, -0.05) is 11.6 Å². The second-order valence-corrected chi connectivity index (χ2v) is 7.78. The highest BCUT2D eigenvalue weighted by Gasteiger charge is 2.22. The molecule has 0 spiro atoms. The third-order valence-electron chi connectivity index (χ3n) is 5.45. The zero-order valence-electron chi connectivity index (χ0n) is 16.0. The van der Waals surface area contributed by atoms with Crippen molar-refractivity contribution in [3.8, 4) is 0 Å². The number of nitro groups is 1. The van der Waals surface area contributed by atoms with E-state index in [1.807, 2.05) is 19.1 Å². The molecule has 29 heavy (non-hydrogen) atoms. The molecular weight excluding hydrogens is 394 g/mol. The van der Waals surface area contributed by atoms with Gasteiger partial charge in [-0.3, -0.25) is 10.1 Å². The van der Waals surface area contributed by atoms with Gasteiger partial charge in [-0.2, -0.15) is 0 Å². The summed E-state index contributed by atoms with van der Waals surface area (Å²) in [4.78, 5) is 26.0. The van der Waals surface area contributed by atoms with Crippen molar-refractivity contribution in [2.24, 2.45) is 0 Å². The molecule has 1 N–H and O–H groups in total. The Morgan fingerprint density at radius 3 is 2.52 bits per heavy atom. The minimum absolute atomic E-state index is 0.0988. The highest BCUT2D eigenvalue weighted by molar-refractivity contribution is 6.32. The lowest BCUT2D eigenvalue weighted by Crippen LogP contribution is -3.13. The largest absolute Gasteiger partial charge is 0.423 e. The molecule has 3 aromatic rings. The van der Waals surface area contributed by atoms with E-state index in [1.165, 1.54) is 17.0 Å². The molecule has 0 unspecified atom stereocenters. The Morgan fingerprint density at radius 2 is 1.86 bits per heavy atom. The molecule has 0 saturated carbocycles. The van der Waals surface area contributed by atoms with E-state index >= 15 is 0 Å². The summed E-state index contributed by atoms with van der Waals surface area (Å²) in [5, 5.41) is 12.4. The molecule has 2 aromatic carbocycles. The van der Waals surface area contributed by atoms with Crippen molar-refractivity contribution in [3.63, 3.8) is 0 Å². The topological polar surface area (TPSA) is 81.0 Å². The highest BCUT2D eigenvalue weighted by Crippen LogP contribution is 2.25. The Hall–Kier alpha value is -2.90. The first kappa shape index (κ1) is 19.4. The molecule has 0 amide bonds. The lowest BCUT2D eigenvalue weighted by atomic mass is 10.1. The molecule has 1 aliphatic rings. The number of fused-ring (bicyclic) bond motifs is 1. The summed E-state index contributed by atoms with van der Waals surface area (Å²) in [5.41, 5.74) is 3.13. The molecule has 2 heterocycles. The van der Waals surface area contributed by atoms with Crippen LogP contribution in [-0.4, -0.2) is 31.1 Å². The molecule has 1 aliphatic heterocycles. The second-order valence-electron chi connectivity index (χ2n) is 7.38. The summed E-state index contributed by atoms with van der Waals surface area (Å²) >= 11 is 6.28. The van der Waals surface area contributed by atoms with E-state index in [9.17, 15) is 14.9 Å². The van der Waals surface area contributed by atoms with Gasteiger partial charge in [0.1, 0.15) is 12.1 Å². The standard InChI is InChI=1S/C21H20ClN3O4/c1-14-10-20-18(12-19(14)22)15(11-21(26)29-20)13-23-6-8-24(9-7-23)16-2-4-17(5-3-16)25(27)28/h2-5,10-12H,6-9,13H2,1H3/p+1. The maximum atomic E-state index is 12.0. The number of piperazine rings is 1. The first-order chi connectivity index (χ1) is 13.9. The Kier molecular flexibility index (Phi) is 5.25. The zero-order chi connectivity index (χ0) is 20.5. The number of quaternary nitrogens is 1. The van der Waals surface area contributed by atoms with Crippen molar-refractivity contribution >= 4 is 33.9 Å². The zero-order valence-corrected chi connectivity index (χ0v) is 16.7. The first-order valence-corrected chi connectivity index (χ1v) is 9.84. The summed E-state index contributed by atoms with van der Waals surface area (Å²) in [6.07, 6.45) is 0. The van der Waals surface area contributed by atoms with Crippen LogP contribution in [0.5, 0.6) is 0 Å². The molecule has 0 bridgehead atoms. The van der Waals surface area contributed by atoms with Gasteiger partial charge >= 0.3 is 5.63 Å². The maximum absolute atomic E-state index is 12.0. The van der Waals surface area contributed by atoms with Crippen LogP contribution in [0.2, 0.25) is 5.02 Å². The van der Waals surface area contributed by atoms with E-state index in [4.69, 9.17) is 16.0 Å². The number of benzene rings is 2. The molecule has 1 fully saturated rings. The van der Waals surface area contributed by atoms with Crippen LogP contribution in [0.15, 0.2) is 51.7 Å². The van der Waals surface area contributed by atoms with Crippen LogP contribution >= 0.6 is 11.6 Å². The molecule has 0 radical (unpaired) electrons. The molecule has 150 valence electrons. The van der Waals surface area contributed by atoms with Crippen molar-refractivity contribution in [2.45, 2.75) is 13.5 Å². The number of aryl methyl sites for hydroxylation is 1. The van der Waals surface area contributed by atoms with Gasteiger partial charge in [0, 0.05) is 39.9 Å². The van der Waals surface area contributed by atoms with Gasteiger partial charge < -0.3 is 14.2 Å². The fourth-order valence-electron chi connectivity index (χ4n) is 3.81. The van der Waals surface area contributed by atoms with Crippen LogP contribution in [-0.2, 0) is 6.54 Å². The molecule has 0 aliphatic carbocycles. The number of rotatable bonds is 4. The fourth-order valence-corrected chi connectivity index (χ4v) is 3.97. The van der Waals surface area contributed by atoms with E-state index in [0.29, 0.717) is 10.6 Å². The molecule has 4 rings (SSSR count). The van der Waals surface area contributed by atoms with Gasteiger partial charge in [0.05, 0.1) is 31.1 Å².